The number of carboxylic acids is 1. The molecule has 25 heavy (non-hydrogen) atoms. The Kier molecular flexibility index (Phi) is 4.33. The van der Waals surface area contributed by atoms with E-state index < -0.39 is 5.97 Å². The Hall–Kier alpha value is -2.69. The first kappa shape index (κ1) is 17.1. The predicted octanol–water partition coefficient (Wildman–Crippen LogP) is 2.63. The Labute approximate surface area is 148 Å². The van der Waals surface area contributed by atoms with Crippen LogP contribution in [0.4, 0.5) is 0 Å². The molecule has 0 aliphatic heterocycles. The summed E-state index contributed by atoms with van der Waals surface area (Å²) >= 11 is 1.22. The summed E-state index contributed by atoms with van der Waals surface area (Å²) in [5.41, 5.74) is 2.96. The summed E-state index contributed by atoms with van der Waals surface area (Å²) in [7, 11) is 1.84. The van der Waals surface area contributed by atoms with Crippen molar-refractivity contribution >= 4 is 28.2 Å². The number of aromatic nitrogens is 2. The third-order valence-corrected chi connectivity index (χ3v) is 5.85. The molecule has 3 rings (SSSR count). The van der Waals surface area contributed by atoms with E-state index in [1.165, 1.54) is 11.3 Å². The van der Waals surface area contributed by atoms with Gasteiger partial charge in [0.15, 0.2) is 4.88 Å². The van der Waals surface area contributed by atoms with E-state index in [2.05, 4.69) is 6.07 Å². The molecule has 7 heteroatoms. The molecule has 1 unspecified atom stereocenters. The quantitative estimate of drug-likeness (QED) is 0.703. The van der Waals surface area contributed by atoms with Crippen molar-refractivity contribution in [2.75, 3.05) is 6.61 Å². The van der Waals surface area contributed by atoms with Crippen molar-refractivity contribution in [3.05, 3.63) is 40.5 Å². The first-order valence-electron chi connectivity index (χ1n) is 7.77. The van der Waals surface area contributed by atoms with Crippen LogP contribution in [-0.4, -0.2) is 27.4 Å². The van der Waals surface area contributed by atoms with Crippen molar-refractivity contribution in [3.8, 4) is 16.6 Å². The van der Waals surface area contributed by atoms with E-state index in [0.717, 1.165) is 21.5 Å². The van der Waals surface area contributed by atoms with Crippen LogP contribution in [-0.2, 0) is 7.05 Å². The molecular weight excluding hydrogens is 338 g/mol. The van der Waals surface area contributed by atoms with Crippen LogP contribution in [0.25, 0.3) is 21.5 Å². The van der Waals surface area contributed by atoms with Gasteiger partial charge < -0.3 is 14.8 Å². The second kappa shape index (κ2) is 6.31. The molecule has 0 spiro atoms. The molecule has 6 nitrogen and oxygen atoms in total. The molecule has 0 amide bonds. The molecule has 0 aliphatic carbocycles. The van der Waals surface area contributed by atoms with Gasteiger partial charge in [0.05, 0.1) is 23.8 Å². The van der Waals surface area contributed by atoms with Gasteiger partial charge in [0.2, 0.25) is 5.69 Å². The number of fused-ring (bicyclic) bond motifs is 1. The number of hydrogen-bond donors (Lipinski definition) is 2. The predicted molar refractivity (Wildman–Crippen MR) is 94.6 cm³/mol. The summed E-state index contributed by atoms with van der Waals surface area (Å²) in [4.78, 5) is 11.7. The molecule has 0 fully saturated rings. The van der Waals surface area contributed by atoms with Crippen molar-refractivity contribution in [2.45, 2.75) is 19.9 Å². The van der Waals surface area contributed by atoms with Crippen LogP contribution >= 0.6 is 11.3 Å². The van der Waals surface area contributed by atoms with Gasteiger partial charge >= 0.3 is 5.97 Å². The van der Waals surface area contributed by atoms with Crippen LogP contribution < -0.4 is 4.57 Å². The second-order valence-electron chi connectivity index (χ2n) is 6.01. The van der Waals surface area contributed by atoms with Crippen LogP contribution in [0.1, 0.15) is 33.9 Å². The molecule has 2 heterocycles. The van der Waals surface area contributed by atoms with Gasteiger partial charge in [-0.2, -0.15) is 9.83 Å². The Morgan fingerprint density at radius 2 is 2.20 bits per heavy atom. The minimum Gasteiger partial charge on any atom is -0.477 e. The molecule has 1 atom stereocenters. The second-order valence-corrected chi connectivity index (χ2v) is 7.01. The Morgan fingerprint density at radius 1 is 1.48 bits per heavy atom. The highest BCUT2D eigenvalue weighted by atomic mass is 32.1. The number of thiazole rings is 1. The molecule has 2 aromatic heterocycles. The normalized spacial score (nSPS) is 12.3. The van der Waals surface area contributed by atoms with Crippen LogP contribution in [0.3, 0.4) is 0 Å². The van der Waals surface area contributed by atoms with Crippen LogP contribution in [0.15, 0.2) is 24.4 Å². The van der Waals surface area contributed by atoms with E-state index >= 15 is 0 Å². The van der Waals surface area contributed by atoms with Crippen molar-refractivity contribution < 1.29 is 19.6 Å². The largest absolute Gasteiger partial charge is 0.477 e. The van der Waals surface area contributed by atoms with Gasteiger partial charge in [-0.05, 0) is 25.1 Å². The summed E-state index contributed by atoms with van der Waals surface area (Å²) in [5.74, 6) is -0.939. The molecule has 0 saturated carbocycles. The number of benzene rings is 1. The lowest BCUT2D eigenvalue weighted by Gasteiger charge is -2.11. The van der Waals surface area contributed by atoms with Gasteiger partial charge in [0.1, 0.15) is 13.1 Å². The Balaban J connectivity index is 2.22. The number of aromatic carboxylic acids is 1. The van der Waals surface area contributed by atoms with Crippen molar-refractivity contribution in [1.29, 1.82) is 5.26 Å². The Bertz CT molecular complexity index is 1030. The fourth-order valence-electron chi connectivity index (χ4n) is 2.92. The molecule has 128 valence electrons. The van der Waals surface area contributed by atoms with Gasteiger partial charge in [0.25, 0.3) is 5.01 Å². The third-order valence-electron chi connectivity index (χ3n) is 4.47. The molecule has 3 aromatic rings. The molecule has 0 radical (unpaired) electrons. The van der Waals surface area contributed by atoms with Gasteiger partial charge in [-0.15, -0.1) is 0 Å². The average Bonchev–Trinajstić information content (AvgIpc) is 3.12. The lowest BCUT2D eigenvalue weighted by atomic mass is 10.1. The summed E-state index contributed by atoms with van der Waals surface area (Å²) in [6, 6.07) is 7.80. The van der Waals surface area contributed by atoms with Crippen molar-refractivity contribution in [1.82, 2.24) is 4.57 Å². The maximum atomic E-state index is 11.4. The standard InChI is InChI=1S/C18H17N3O3S/c1-10(9-22)21-8-13(7-19)14-6-12(4-5-15(14)21)17-20(3)11(2)16(25-17)18(23)24/h4-6,8,10,22H,9H2,1-3H3/p+1. The van der Waals surface area contributed by atoms with E-state index in [0.29, 0.717) is 16.1 Å². The maximum absolute atomic E-state index is 11.4. The maximum Gasteiger partial charge on any atom is 0.352 e. The SMILES string of the molecule is Cc1c(C(=O)O)sc(-c2ccc3c(c2)c(C#N)cn3C(C)CO)[n+]1C. The number of aliphatic hydroxyl groups excluding tert-OH is 1. The molecule has 2 N–H and O–H groups in total. The molecular formula is C18H18N3O3S+. The van der Waals surface area contributed by atoms with E-state index in [1.807, 2.05) is 41.3 Å². The molecule has 0 bridgehead atoms. The highest BCUT2D eigenvalue weighted by molar-refractivity contribution is 7.16. The highest BCUT2D eigenvalue weighted by Gasteiger charge is 2.26. The fourth-order valence-corrected chi connectivity index (χ4v) is 4.01. The molecule has 1 aromatic carbocycles. The van der Waals surface area contributed by atoms with E-state index in [4.69, 9.17) is 0 Å². The minimum absolute atomic E-state index is 0.0164. The zero-order chi connectivity index (χ0) is 18.3. The van der Waals surface area contributed by atoms with Gasteiger partial charge in [0, 0.05) is 24.0 Å². The third kappa shape index (κ3) is 2.69. The zero-order valence-corrected chi connectivity index (χ0v) is 15.0. The lowest BCUT2D eigenvalue weighted by Crippen LogP contribution is -2.31. The van der Waals surface area contributed by atoms with E-state index in [9.17, 15) is 20.3 Å². The minimum atomic E-state index is -0.939. The molecule has 0 saturated heterocycles. The van der Waals surface area contributed by atoms with E-state index in [1.54, 1.807) is 13.1 Å². The summed E-state index contributed by atoms with van der Waals surface area (Å²) in [5, 5.41) is 29.8. The number of nitriles is 1. The monoisotopic (exact) mass is 356 g/mol. The van der Waals surface area contributed by atoms with Crippen LogP contribution in [0.2, 0.25) is 0 Å². The van der Waals surface area contributed by atoms with Gasteiger partial charge in [-0.3, -0.25) is 0 Å². The van der Waals surface area contributed by atoms with Crippen LogP contribution in [0, 0.1) is 18.3 Å². The topological polar surface area (TPSA) is 90.1 Å². The first-order valence-corrected chi connectivity index (χ1v) is 8.59. The fraction of sp³-hybridized carbons (Fsp3) is 0.278. The van der Waals surface area contributed by atoms with Crippen molar-refractivity contribution in [3.63, 3.8) is 0 Å². The first-order chi connectivity index (χ1) is 11.9. The number of nitrogens with zero attached hydrogens (tertiary/aromatic N) is 3. The summed E-state index contributed by atoms with van der Waals surface area (Å²) in [6.45, 7) is 3.65. The molecule has 0 aliphatic rings. The lowest BCUT2D eigenvalue weighted by molar-refractivity contribution is -0.662. The summed E-state index contributed by atoms with van der Waals surface area (Å²) < 4.78 is 3.74. The zero-order valence-electron chi connectivity index (χ0n) is 14.1. The van der Waals surface area contributed by atoms with Crippen molar-refractivity contribution in [2.24, 2.45) is 7.05 Å². The number of carboxylic acid groups (broad SMARTS) is 1. The number of carbonyl (C=O) groups is 1. The number of hydrogen-bond acceptors (Lipinski definition) is 4. The van der Waals surface area contributed by atoms with E-state index in [-0.39, 0.29) is 12.6 Å². The van der Waals surface area contributed by atoms with Gasteiger partial charge in [-0.1, -0.05) is 11.3 Å². The van der Waals surface area contributed by atoms with Crippen LogP contribution in [0.5, 0.6) is 0 Å². The van der Waals surface area contributed by atoms with Gasteiger partial charge in [-0.25, -0.2) is 4.79 Å². The summed E-state index contributed by atoms with van der Waals surface area (Å²) in [6.07, 6.45) is 1.75. The highest BCUT2D eigenvalue weighted by Crippen LogP contribution is 2.31. The number of rotatable bonds is 4. The smallest absolute Gasteiger partial charge is 0.352 e. The number of aliphatic hydroxyl groups is 1. The average molecular weight is 356 g/mol. The Morgan fingerprint density at radius 3 is 2.76 bits per heavy atom.